The molecule has 2 rings (SSSR count). The van der Waals surface area contributed by atoms with Crippen LogP contribution in [0.5, 0.6) is 0 Å². The van der Waals surface area contributed by atoms with Crippen molar-refractivity contribution in [2.75, 3.05) is 6.61 Å². The molecule has 0 saturated heterocycles. The van der Waals surface area contributed by atoms with Gasteiger partial charge >= 0.3 is 5.97 Å². The Morgan fingerprint density at radius 2 is 1.90 bits per heavy atom. The van der Waals surface area contributed by atoms with Crippen molar-refractivity contribution in [1.29, 1.82) is 0 Å². The second-order valence-electron chi connectivity index (χ2n) is 3.78. The highest BCUT2D eigenvalue weighted by Crippen LogP contribution is 2.13. The summed E-state index contributed by atoms with van der Waals surface area (Å²) in [6.07, 6.45) is 0. The first-order chi connectivity index (χ1) is 9.58. The van der Waals surface area contributed by atoms with Crippen LogP contribution in [0.4, 0.5) is 5.69 Å². The van der Waals surface area contributed by atoms with E-state index in [2.05, 4.69) is 0 Å². The van der Waals surface area contributed by atoms with Gasteiger partial charge in [0.15, 0.2) is 6.61 Å². The minimum absolute atomic E-state index is 0.115. The van der Waals surface area contributed by atoms with Crippen LogP contribution in [0.15, 0.2) is 41.8 Å². The number of hydrogen-bond donors (Lipinski definition) is 0. The smallest absolute Gasteiger partial charge is 0.338 e. The fraction of sp³-hybridized carbons (Fsp3) is 0.0769. The van der Waals surface area contributed by atoms with Gasteiger partial charge in [0.2, 0.25) is 5.78 Å². The topological polar surface area (TPSA) is 86.5 Å². The van der Waals surface area contributed by atoms with Crippen LogP contribution in [-0.4, -0.2) is 23.3 Å². The van der Waals surface area contributed by atoms with Crippen LogP contribution in [0.2, 0.25) is 0 Å². The van der Waals surface area contributed by atoms with Gasteiger partial charge in [-0.1, -0.05) is 6.07 Å². The highest BCUT2D eigenvalue weighted by Gasteiger charge is 2.13. The number of carbonyl (C=O) groups is 2. The number of ketones is 1. The summed E-state index contributed by atoms with van der Waals surface area (Å²) in [5.41, 5.74) is 0.0470. The molecule has 0 aliphatic carbocycles. The van der Waals surface area contributed by atoms with Gasteiger partial charge in [-0.3, -0.25) is 14.9 Å². The largest absolute Gasteiger partial charge is 0.454 e. The molecule has 1 aromatic carbocycles. The molecule has 6 nitrogen and oxygen atoms in total. The number of nitrogens with zero attached hydrogens (tertiary/aromatic N) is 1. The minimum Gasteiger partial charge on any atom is -0.454 e. The Hall–Kier alpha value is -2.54. The summed E-state index contributed by atoms with van der Waals surface area (Å²) in [6.45, 7) is -0.351. The third-order valence-electron chi connectivity index (χ3n) is 2.44. The fourth-order valence-corrected chi connectivity index (χ4v) is 2.09. The Balaban J connectivity index is 1.95. The zero-order chi connectivity index (χ0) is 14.5. The zero-order valence-corrected chi connectivity index (χ0v) is 11.0. The van der Waals surface area contributed by atoms with Gasteiger partial charge in [0.25, 0.3) is 5.69 Å². The molecule has 1 heterocycles. The maximum absolute atomic E-state index is 11.7. The Morgan fingerprint density at radius 1 is 1.20 bits per heavy atom. The molecule has 1 aromatic heterocycles. The van der Waals surface area contributed by atoms with Crippen LogP contribution in [0.25, 0.3) is 0 Å². The lowest BCUT2D eigenvalue weighted by Gasteiger charge is -2.03. The van der Waals surface area contributed by atoms with Crippen LogP contribution in [0.1, 0.15) is 20.0 Å². The summed E-state index contributed by atoms with van der Waals surface area (Å²) in [5.74, 6) is -0.972. The normalized spacial score (nSPS) is 10.0. The van der Waals surface area contributed by atoms with Crippen molar-refractivity contribution >= 4 is 28.8 Å². The first-order valence-electron chi connectivity index (χ1n) is 5.56. The van der Waals surface area contributed by atoms with Gasteiger partial charge in [-0.2, -0.15) is 0 Å². The number of thiophene rings is 1. The van der Waals surface area contributed by atoms with Gasteiger partial charge in [-0.15, -0.1) is 11.3 Å². The maximum atomic E-state index is 11.7. The first kappa shape index (κ1) is 13.9. The Morgan fingerprint density at radius 3 is 2.45 bits per heavy atom. The maximum Gasteiger partial charge on any atom is 0.338 e. The van der Waals surface area contributed by atoms with E-state index in [0.717, 1.165) is 0 Å². The van der Waals surface area contributed by atoms with Crippen molar-refractivity contribution in [1.82, 2.24) is 0 Å². The Kier molecular flexibility index (Phi) is 4.21. The molecule has 0 radical (unpaired) electrons. The molecular weight excluding hydrogens is 282 g/mol. The average molecular weight is 291 g/mol. The molecule has 0 bridgehead atoms. The third-order valence-corrected chi connectivity index (χ3v) is 3.36. The summed E-state index contributed by atoms with van der Waals surface area (Å²) in [6, 6.07) is 8.37. The molecule has 2 aromatic rings. The molecule has 0 unspecified atom stereocenters. The number of ether oxygens (including phenoxy) is 1. The Bertz CT molecular complexity index is 633. The van der Waals surface area contributed by atoms with E-state index in [1.165, 1.54) is 35.6 Å². The van der Waals surface area contributed by atoms with Gasteiger partial charge in [0.1, 0.15) is 0 Å². The fourth-order valence-electron chi connectivity index (χ4n) is 1.44. The molecule has 0 atom stereocenters. The lowest BCUT2D eigenvalue weighted by atomic mass is 10.2. The van der Waals surface area contributed by atoms with Crippen LogP contribution >= 0.6 is 11.3 Å². The number of carbonyl (C=O) groups excluding carboxylic acids is 2. The van der Waals surface area contributed by atoms with E-state index in [0.29, 0.717) is 4.88 Å². The number of rotatable bonds is 5. The van der Waals surface area contributed by atoms with E-state index in [1.54, 1.807) is 17.5 Å². The third kappa shape index (κ3) is 3.27. The lowest BCUT2D eigenvalue weighted by molar-refractivity contribution is -0.384. The number of hydrogen-bond acceptors (Lipinski definition) is 6. The van der Waals surface area contributed by atoms with E-state index in [1.807, 2.05) is 0 Å². The van der Waals surface area contributed by atoms with E-state index in [4.69, 9.17) is 4.74 Å². The second-order valence-corrected chi connectivity index (χ2v) is 4.73. The standard InChI is InChI=1S/C13H9NO5S/c15-11(12-2-1-7-20-12)8-19-13(16)9-3-5-10(6-4-9)14(17)18/h1-7H,8H2. The summed E-state index contributed by atoms with van der Waals surface area (Å²) >= 11 is 1.27. The molecular formula is C13H9NO5S. The number of nitro groups is 1. The van der Waals surface area contributed by atoms with Gasteiger partial charge in [0.05, 0.1) is 15.4 Å². The minimum atomic E-state index is -0.690. The molecule has 0 fully saturated rings. The monoisotopic (exact) mass is 291 g/mol. The molecule has 102 valence electrons. The highest BCUT2D eigenvalue weighted by molar-refractivity contribution is 7.12. The molecule has 0 aliphatic heterocycles. The van der Waals surface area contributed by atoms with E-state index in [9.17, 15) is 19.7 Å². The second kappa shape index (κ2) is 6.07. The molecule has 20 heavy (non-hydrogen) atoms. The van der Waals surface area contributed by atoms with Crippen molar-refractivity contribution in [2.24, 2.45) is 0 Å². The van der Waals surface area contributed by atoms with Crippen molar-refractivity contribution in [3.05, 3.63) is 62.3 Å². The number of benzene rings is 1. The number of esters is 1. The predicted octanol–water partition coefficient (Wildman–Crippen LogP) is 2.70. The van der Waals surface area contributed by atoms with E-state index >= 15 is 0 Å². The van der Waals surface area contributed by atoms with E-state index in [-0.39, 0.29) is 23.6 Å². The predicted molar refractivity (Wildman–Crippen MR) is 72.0 cm³/mol. The van der Waals surface area contributed by atoms with Crippen molar-refractivity contribution in [3.63, 3.8) is 0 Å². The molecule has 7 heteroatoms. The van der Waals surface area contributed by atoms with Gasteiger partial charge in [0, 0.05) is 12.1 Å². The van der Waals surface area contributed by atoms with Gasteiger partial charge < -0.3 is 4.74 Å². The molecule has 0 spiro atoms. The Labute approximate surface area is 117 Å². The number of nitro benzene ring substituents is 1. The summed E-state index contributed by atoms with van der Waals surface area (Å²) < 4.78 is 4.86. The van der Waals surface area contributed by atoms with Crippen LogP contribution in [0.3, 0.4) is 0 Å². The van der Waals surface area contributed by atoms with Gasteiger partial charge in [-0.25, -0.2) is 4.79 Å². The van der Waals surface area contributed by atoms with Crippen LogP contribution < -0.4 is 0 Å². The SMILES string of the molecule is O=C(OCC(=O)c1cccs1)c1ccc([N+](=O)[O-])cc1. The molecule has 0 amide bonds. The van der Waals surface area contributed by atoms with Gasteiger partial charge in [-0.05, 0) is 23.6 Å². The first-order valence-corrected chi connectivity index (χ1v) is 6.44. The molecule has 0 N–H and O–H groups in total. The van der Waals surface area contributed by atoms with Crippen molar-refractivity contribution < 1.29 is 19.2 Å². The lowest BCUT2D eigenvalue weighted by Crippen LogP contribution is -2.13. The average Bonchev–Trinajstić information content (AvgIpc) is 2.98. The summed E-state index contributed by atoms with van der Waals surface area (Å²) in [4.78, 5) is 33.7. The quantitative estimate of drug-likeness (QED) is 0.366. The van der Waals surface area contributed by atoms with Crippen LogP contribution in [0, 0.1) is 10.1 Å². The van der Waals surface area contributed by atoms with E-state index < -0.39 is 10.9 Å². The number of non-ortho nitro benzene ring substituents is 1. The molecule has 0 aliphatic rings. The van der Waals surface area contributed by atoms with Crippen LogP contribution in [-0.2, 0) is 4.74 Å². The number of Topliss-reactive ketones (excluding diaryl/α,β-unsaturated/α-hetero) is 1. The summed E-state index contributed by atoms with van der Waals surface area (Å²) in [5, 5.41) is 12.2. The van der Waals surface area contributed by atoms with Crippen molar-refractivity contribution in [3.8, 4) is 0 Å². The molecule has 0 saturated carbocycles. The van der Waals surface area contributed by atoms with Crippen molar-refractivity contribution in [2.45, 2.75) is 0 Å². The highest BCUT2D eigenvalue weighted by atomic mass is 32.1. The summed E-state index contributed by atoms with van der Waals surface area (Å²) in [7, 11) is 0. The zero-order valence-electron chi connectivity index (χ0n) is 10.1.